The Hall–Kier alpha value is -1.76. The number of aryl methyl sites for hydroxylation is 1. The predicted molar refractivity (Wildman–Crippen MR) is 72.9 cm³/mol. The number of nitrogen functional groups attached to an aromatic ring is 1. The van der Waals surface area contributed by atoms with Crippen molar-refractivity contribution in [3.63, 3.8) is 0 Å². The lowest BCUT2D eigenvalue weighted by Gasteiger charge is -2.19. The molecule has 0 unspecified atom stereocenters. The summed E-state index contributed by atoms with van der Waals surface area (Å²) in [6.45, 7) is 0. The SMILES string of the molecule is Nc1ccc(-c2cccc3c2CCCC3)cc1. The van der Waals surface area contributed by atoms with Crippen LogP contribution in [-0.4, -0.2) is 0 Å². The summed E-state index contributed by atoms with van der Waals surface area (Å²) in [5.74, 6) is 0. The van der Waals surface area contributed by atoms with Gasteiger partial charge in [0.1, 0.15) is 0 Å². The van der Waals surface area contributed by atoms with E-state index in [1.165, 1.54) is 42.4 Å². The van der Waals surface area contributed by atoms with Crippen LogP contribution in [-0.2, 0) is 12.8 Å². The van der Waals surface area contributed by atoms with Gasteiger partial charge >= 0.3 is 0 Å². The fourth-order valence-electron chi connectivity index (χ4n) is 2.71. The number of fused-ring (bicyclic) bond motifs is 1. The summed E-state index contributed by atoms with van der Waals surface area (Å²) in [4.78, 5) is 0. The summed E-state index contributed by atoms with van der Waals surface area (Å²) >= 11 is 0. The summed E-state index contributed by atoms with van der Waals surface area (Å²) in [5.41, 5.74) is 12.3. The first kappa shape index (κ1) is 10.4. The molecule has 17 heavy (non-hydrogen) atoms. The number of hydrogen-bond donors (Lipinski definition) is 1. The Morgan fingerprint density at radius 1 is 0.824 bits per heavy atom. The second kappa shape index (κ2) is 4.25. The molecule has 0 heterocycles. The number of hydrogen-bond acceptors (Lipinski definition) is 1. The van der Waals surface area contributed by atoms with E-state index in [1.807, 2.05) is 12.1 Å². The van der Waals surface area contributed by atoms with Gasteiger partial charge in [-0.05, 0) is 60.1 Å². The van der Waals surface area contributed by atoms with E-state index in [0.717, 1.165) is 5.69 Å². The average Bonchev–Trinajstić information content (AvgIpc) is 2.39. The van der Waals surface area contributed by atoms with E-state index < -0.39 is 0 Å². The summed E-state index contributed by atoms with van der Waals surface area (Å²) in [7, 11) is 0. The van der Waals surface area contributed by atoms with Gasteiger partial charge in [0.2, 0.25) is 0 Å². The maximum atomic E-state index is 5.74. The van der Waals surface area contributed by atoms with Gasteiger partial charge in [-0.25, -0.2) is 0 Å². The van der Waals surface area contributed by atoms with E-state index in [4.69, 9.17) is 5.73 Å². The molecule has 1 heteroatoms. The summed E-state index contributed by atoms with van der Waals surface area (Å²) in [6, 6.07) is 14.9. The van der Waals surface area contributed by atoms with Crippen molar-refractivity contribution >= 4 is 5.69 Å². The maximum Gasteiger partial charge on any atom is 0.0314 e. The zero-order chi connectivity index (χ0) is 11.7. The molecule has 0 spiro atoms. The molecule has 0 aromatic heterocycles. The third-order valence-electron chi connectivity index (χ3n) is 3.62. The molecule has 0 radical (unpaired) electrons. The Bertz CT molecular complexity index is 526. The van der Waals surface area contributed by atoms with Crippen molar-refractivity contribution in [1.29, 1.82) is 0 Å². The smallest absolute Gasteiger partial charge is 0.0314 e. The van der Waals surface area contributed by atoms with Crippen LogP contribution in [0, 0.1) is 0 Å². The van der Waals surface area contributed by atoms with Crippen LogP contribution in [0.4, 0.5) is 5.69 Å². The standard InChI is InChI=1S/C16H17N/c17-14-10-8-13(9-11-14)16-7-3-5-12-4-1-2-6-15(12)16/h3,5,7-11H,1-2,4,6,17H2. The highest BCUT2D eigenvalue weighted by molar-refractivity contribution is 5.70. The van der Waals surface area contributed by atoms with E-state index in [9.17, 15) is 0 Å². The van der Waals surface area contributed by atoms with Crippen LogP contribution in [0.15, 0.2) is 42.5 Å². The van der Waals surface area contributed by atoms with E-state index in [1.54, 1.807) is 5.56 Å². The van der Waals surface area contributed by atoms with Crippen molar-refractivity contribution in [3.05, 3.63) is 53.6 Å². The molecule has 0 bridgehead atoms. The quantitative estimate of drug-likeness (QED) is 0.731. The van der Waals surface area contributed by atoms with Crippen molar-refractivity contribution in [2.45, 2.75) is 25.7 Å². The van der Waals surface area contributed by atoms with Gasteiger partial charge in [0, 0.05) is 5.69 Å². The molecular weight excluding hydrogens is 206 g/mol. The first-order valence-electron chi connectivity index (χ1n) is 6.31. The average molecular weight is 223 g/mol. The summed E-state index contributed by atoms with van der Waals surface area (Å²) in [6.07, 6.45) is 5.10. The minimum absolute atomic E-state index is 0.832. The number of rotatable bonds is 1. The second-order valence-corrected chi connectivity index (χ2v) is 4.77. The molecule has 1 nitrogen and oxygen atoms in total. The van der Waals surface area contributed by atoms with E-state index in [-0.39, 0.29) is 0 Å². The first-order chi connectivity index (χ1) is 8.34. The lowest BCUT2D eigenvalue weighted by atomic mass is 9.86. The molecule has 86 valence electrons. The van der Waals surface area contributed by atoms with Crippen LogP contribution in [0.25, 0.3) is 11.1 Å². The number of benzene rings is 2. The van der Waals surface area contributed by atoms with Crippen molar-refractivity contribution in [1.82, 2.24) is 0 Å². The zero-order valence-electron chi connectivity index (χ0n) is 9.95. The van der Waals surface area contributed by atoms with Crippen LogP contribution < -0.4 is 5.73 Å². The highest BCUT2D eigenvalue weighted by Crippen LogP contribution is 2.31. The monoisotopic (exact) mass is 223 g/mol. The molecule has 0 saturated heterocycles. The van der Waals surface area contributed by atoms with Gasteiger partial charge in [-0.1, -0.05) is 30.3 Å². The molecule has 0 atom stereocenters. The van der Waals surface area contributed by atoms with Gasteiger partial charge in [-0.15, -0.1) is 0 Å². The van der Waals surface area contributed by atoms with Crippen molar-refractivity contribution in [2.75, 3.05) is 5.73 Å². The molecule has 2 aromatic carbocycles. The zero-order valence-corrected chi connectivity index (χ0v) is 9.95. The molecular formula is C16H17N. The molecule has 1 aliphatic carbocycles. The van der Waals surface area contributed by atoms with Crippen LogP contribution in [0.2, 0.25) is 0 Å². The molecule has 1 aliphatic rings. The minimum Gasteiger partial charge on any atom is -0.399 e. The normalized spacial score (nSPS) is 14.4. The molecule has 0 aliphatic heterocycles. The second-order valence-electron chi connectivity index (χ2n) is 4.77. The van der Waals surface area contributed by atoms with Gasteiger partial charge in [0.25, 0.3) is 0 Å². The largest absolute Gasteiger partial charge is 0.399 e. The third-order valence-corrected chi connectivity index (χ3v) is 3.62. The molecule has 0 amide bonds. The van der Waals surface area contributed by atoms with Crippen molar-refractivity contribution in [2.24, 2.45) is 0 Å². The van der Waals surface area contributed by atoms with Crippen molar-refractivity contribution < 1.29 is 0 Å². The lowest BCUT2D eigenvalue weighted by Crippen LogP contribution is -2.04. The topological polar surface area (TPSA) is 26.0 Å². The highest BCUT2D eigenvalue weighted by Gasteiger charge is 2.13. The molecule has 0 fully saturated rings. The maximum absolute atomic E-state index is 5.74. The highest BCUT2D eigenvalue weighted by atomic mass is 14.5. The third kappa shape index (κ3) is 1.93. The Kier molecular flexibility index (Phi) is 2.60. The van der Waals surface area contributed by atoms with Gasteiger partial charge < -0.3 is 5.73 Å². The van der Waals surface area contributed by atoms with Crippen LogP contribution in [0.1, 0.15) is 24.0 Å². The molecule has 3 rings (SSSR count). The van der Waals surface area contributed by atoms with Crippen LogP contribution in [0.3, 0.4) is 0 Å². The van der Waals surface area contributed by atoms with E-state index in [2.05, 4.69) is 30.3 Å². The number of anilines is 1. The lowest BCUT2D eigenvalue weighted by molar-refractivity contribution is 0.687. The summed E-state index contributed by atoms with van der Waals surface area (Å²) < 4.78 is 0. The predicted octanol–water partition coefficient (Wildman–Crippen LogP) is 3.81. The van der Waals surface area contributed by atoms with Gasteiger partial charge in [-0.3, -0.25) is 0 Å². The minimum atomic E-state index is 0.832. The number of nitrogens with two attached hydrogens (primary N) is 1. The molecule has 2 aromatic rings. The van der Waals surface area contributed by atoms with Gasteiger partial charge in [0.05, 0.1) is 0 Å². The van der Waals surface area contributed by atoms with E-state index >= 15 is 0 Å². The van der Waals surface area contributed by atoms with Gasteiger partial charge in [-0.2, -0.15) is 0 Å². The van der Waals surface area contributed by atoms with Crippen LogP contribution >= 0.6 is 0 Å². The Labute approximate surface area is 102 Å². The summed E-state index contributed by atoms with van der Waals surface area (Å²) in [5, 5.41) is 0. The fraction of sp³-hybridized carbons (Fsp3) is 0.250. The Morgan fingerprint density at radius 2 is 1.59 bits per heavy atom. The molecule has 2 N–H and O–H groups in total. The first-order valence-corrected chi connectivity index (χ1v) is 6.31. The fourth-order valence-corrected chi connectivity index (χ4v) is 2.71. The Morgan fingerprint density at radius 3 is 2.41 bits per heavy atom. The van der Waals surface area contributed by atoms with E-state index in [0.29, 0.717) is 0 Å². The van der Waals surface area contributed by atoms with Gasteiger partial charge in [0.15, 0.2) is 0 Å². The molecule has 0 saturated carbocycles. The Balaban J connectivity index is 2.11. The van der Waals surface area contributed by atoms with Crippen LogP contribution in [0.5, 0.6) is 0 Å². The van der Waals surface area contributed by atoms with Crippen molar-refractivity contribution in [3.8, 4) is 11.1 Å².